The van der Waals surface area contributed by atoms with Crippen molar-refractivity contribution in [3.8, 4) is 0 Å². The summed E-state index contributed by atoms with van der Waals surface area (Å²) in [4.78, 5) is 0. The topological polar surface area (TPSA) is 38.0 Å². The van der Waals surface area contributed by atoms with E-state index < -0.39 is 0 Å². The van der Waals surface area contributed by atoms with E-state index in [2.05, 4.69) is 33.0 Å². The number of nitrogens with one attached hydrogen (secondary N) is 1. The first-order chi connectivity index (χ1) is 7.60. The van der Waals surface area contributed by atoms with Crippen LogP contribution in [0, 0.1) is 11.8 Å². The van der Waals surface area contributed by atoms with Crippen molar-refractivity contribution in [2.75, 3.05) is 13.1 Å². The van der Waals surface area contributed by atoms with Gasteiger partial charge in [0.15, 0.2) is 0 Å². The SMILES string of the molecule is CCCC(C)CNCC(N)CC(C)CCC. The highest BCUT2D eigenvalue weighted by atomic mass is 14.9. The molecular formula is C14H32N2. The van der Waals surface area contributed by atoms with Gasteiger partial charge in [-0.3, -0.25) is 0 Å². The van der Waals surface area contributed by atoms with Crippen LogP contribution >= 0.6 is 0 Å². The minimum atomic E-state index is 0.329. The first-order valence-electron chi connectivity index (χ1n) is 7.06. The third kappa shape index (κ3) is 9.17. The first kappa shape index (κ1) is 15.9. The summed E-state index contributed by atoms with van der Waals surface area (Å²) in [5, 5.41) is 3.49. The molecule has 0 aromatic carbocycles. The molecule has 3 unspecified atom stereocenters. The molecule has 0 saturated heterocycles. The highest BCUT2D eigenvalue weighted by Crippen LogP contribution is 2.11. The fourth-order valence-electron chi connectivity index (χ4n) is 2.32. The van der Waals surface area contributed by atoms with E-state index >= 15 is 0 Å². The van der Waals surface area contributed by atoms with Crippen molar-refractivity contribution in [3.63, 3.8) is 0 Å². The molecule has 16 heavy (non-hydrogen) atoms. The van der Waals surface area contributed by atoms with E-state index in [-0.39, 0.29) is 0 Å². The van der Waals surface area contributed by atoms with Crippen LogP contribution < -0.4 is 11.1 Å². The van der Waals surface area contributed by atoms with E-state index in [1.54, 1.807) is 0 Å². The van der Waals surface area contributed by atoms with Gasteiger partial charge in [-0.05, 0) is 31.2 Å². The summed E-state index contributed by atoms with van der Waals surface area (Å²) < 4.78 is 0. The number of rotatable bonds is 10. The summed E-state index contributed by atoms with van der Waals surface area (Å²) in [6.45, 7) is 11.2. The Bertz CT molecular complexity index is 148. The van der Waals surface area contributed by atoms with E-state index in [9.17, 15) is 0 Å². The van der Waals surface area contributed by atoms with Gasteiger partial charge in [0.1, 0.15) is 0 Å². The van der Waals surface area contributed by atoms with Gasteiger partial charge in [0, 0.05) is 12.6 Å². The molecule has 0 aliphatic rings. The minimum absolute atomic E-state index is 0.329. The Hall–Kier alpha value is -0.0800. The Morgan fingerprint density at radius 2 is 1.50 bits per heavy atom. The van der Waals surface area contributed by atoms with Gasteiger partial charge in [-0.2, -0.15) is 0 Å². The van der Waals surface area contributed by atoms with Crippen molar-refractivity contribution in [2.24, 2.45) is 17.6 Å². The summed E-state index contributed by atoms with van der Waals surface area (Å²) >= 11 is 0. The zero-order valence-corrected chi connectivity index (χ0v) is 11.8. The summed E-state index contributed by atoms with van der Waals surface area (Å²) in [6, 6.07) is 0.329. The standard InChI is InChI=1S/C14H32N2/c1-5-7-12(3)9-14(15)11-16-10-13(4)8-6-2/h12-14,16H,5-11,15H2,1-4H3. The Labute approximate surface area is 102 Å². The van der Waals surface area contributed by atoms with Crippen molar-refractivity contribution < 1.29 is 0 Å². The molecule has 0 rings (SSSR count). The van der Waals surface area contributed by atoms with Crippen LogP contribution in [0.3, 0.4) is 0 Å². The molecule has 98 valence electrons. The van der Waals surface area contributed by atoms with E-state index in [1.807, 2.05) is 0 Å². The Balaban J connectivity index is 3.46. The second-order valence-corrected chi connectivity index (χ2v) is 5.44. The van der Waals surface area contributed by atoms with Gasteiger partial charge in [-0.15, -0.1) is 0 Å². The maximum atomic E-state index is 6.10. The summed E-state index contributed by atoms with van der Waals surface area (Å²) in [5.41, 5.74) is 6.10. The van der Waals surface area contributed by atoms with E-state index in [1.165, 1.54) is 25.7 Å². The largest absolute Gasteiger partial charge is 0.327 e. The molecule has 3 N–H and O–H groups in total. The lowest BCUT2D eigenvalue weighted by Gasteiger charge is -2.18. The molecule has 0 aliphatic heterocycles. The molecule has 2 nitrogen and oxygen atoms in total. The highest BCUT2D eigenvalue weighted by Gasteiger charge is 2.08. The van der Waals surface area contributed by atoms with Crippen molar-refractivity contribution >= 4 is 0 Å². The smallest absolute Gasteiger partial charge is 0.0167 e. The summed E-state index contributed by atoms with van der Waals surface area (Å²) in [5.74, 6) is 1.56. The fraction of sp³-hybridized carbons (Fsp3) is 1.00. The monoisotopic (exact) mass is 228 g/mol. The average molecular weight is 228 g/mol. The third-order valence-electron chi connectivity index (χ3n) is 3.17. The quantitative estimate of drug-likeness (QED) is 0.603. The van der Waals surface area contributed by atoms with E-state index in [0.29, 0.717) is 6.04 Å². The Morgan fingerprint density at radius 1 is 0.938 bits per heavy atom. The van der Waals surface area contributed by atoms with Crippen molar-refractivity contribution in [1.29, 1.82) is 0 Å². The lowest BCUT2D eigenvalue weighted by molar-refractivity contribution is 0.402. The van der Waals surface area contributed by atoms with Gasteiger partial charge in [-0.1, -0.05) is 47.0 Å². The molecule has 0 aliphatic carbocycles. The van der Waals surface area contributed by atoms with Gasteiger partial charge in [0.25, 0.3) is 0 Å². The predicted octanol–water partition coefficient (Wildman–Crippen LogP) is 3.17. The van der Waals surface area contributed by atoms with Crippen LogP contribution in [0.5, 0.6) is 0 Å². The number of nitrogens with two attached hydrogens (primary N) is 1. The second-order valence-electron chi connectivity index (χ2n) is 5.44. The molecule has 0 amide bonds. The number of hydrogen-bond donors (Lipinski definition) is 2. The summed E-state index contributed by atoms with van der Waals surface area (Å²) in [7, 11) is 0. The maximum absolute atomic E-state index is 6.10. The van der Waals surface area contributed by atoms with Crippen LogP contribution in [-0.2, 0) is 0 Å². The van der Waals surface area contributed by atoms with Gasteiger partial charge >= 0.3 is 0 Å². The molecule has 0 radical (unpaired) electrons. The van der Waals surface area contributed by atoms with Crippen LogP contribution in [0.25, 0.3) is 0 Å². The van der Waals surface area contributed by atoms with Gasteiger partial charge < -0.3 is 11.1 Å². The molecule has 3 atom stereocenters. The normalized spacial score (nSPS) is 17.1. The van der Waals surface area contributed by atoms with Crippen LogP contribution in [0.4, 0.5) is 0 Å². The lowest BCUT2D eigenvalue weighted by Crippen LogP contribution is -2.36. The van der Waals surface area contributed by atoms with Crippen molar-refractivity contribution in [1.82, 2.24) is 5.32 Å². The van der Waals surface area contributed by atoms with Crippen LogP contribution in [0.2, 0.25) is 0 Å². The average Bonchev–Trinajstić information content (AvgIpc) is 2.18. The summed E-state index contributed by atoms with van der Waals surface area (Å²) in [6.07, 6.45) is 6.33. The number of hydrogen-bond acceptors (Lipinski definition) is 2. The minimum Gasteiger partial charge on any atom is -0.327 e. The zero-order chi connectivity index (χ0) is 12.4. The van der Waals surface area contributed by atoms with Crippen LogP contribution in [-0.4, -0.2) is 19.1 Å². The van der Waals surface area contributed by atoms with E-state index in [0.717, 1.165) is 31.3 Å². The maximum Gasteiger partial charge on any atom is 0.0167 e. The molecule has 0 fully saturated rings. The second kappa shape index (κ2) is 10.1. The molecule has 0 aromatic rings. The third-order valence-corrected chi connectivity index (χ3v) is 3.17. The van der Waals surface area contributed by atoms with Crippen molar-refractivity contribution in [2.45, 2.75) is 65.8 Å². The Kier molecular flexibility index (Phi) is 10.0. The first-order valence-corrected chi connectivity index (χ1v) is 7.06. The van der Waals surface area contributed by atoms with Gasteiger partial charge in [0.05, 0.1) is 0 Å². The van der Waals surface area contributed by atoms with Crippen molar-refractivity contribution in [3.05, 3.63) is 0 Å². The fourth-order valence-corrected chi connectivity index (χ4v) is 2.32. The molecule has 0 aromatic heterocycles. The Morgan fingerprint density at radius 3 is 2.06 bits per heavy atom. The van der Waals surface area contributed by atoms with Gasteiger partial charge in [-0.25, -0.2) is 0 Å². The lowest BCUT2D eigenvalue weighted by atomic mass is 9.97. The predicted molar refractivity (Wildman–Crippen MR) is 73.6 cm³/mol. The van der Waals surface area contributed by atoms with Crippen LogP contribution in [0.1, 0.15) is 59.8 Å². The van der Waals surface area contributed by atoms with Crippen LogP contribution in [0.15, 0.2) is 0 Å². The molecule has 0 saturated carbocycles. The van der Waals surface area contributed by atoms with Gasteiger partial charge in [0.2, 0.25) is 0 Å². The van der Waals surface area contributed by atoms with E-state index in [4.69, 9.17) is 5.73 Å². The molecule has 0 bridgehead atoms. The molecule has 0 spiro atoms. The zero-order valence-electron chi connectivity index (χ0n) is 11.8. The molecular weight excluding hydrogens is 196 g/mol. The molecule has 2 heteroatoms. The molecule has 0 heterocycles. The highest BCUT2D eigenvalue weighted by molar-refractivity contribution is 4.69.